The van der Waals surface area contributed by atoms with Crippen molar-refractivity contribution in [2.45, 2.75) is 43.9 Å². The van der Waals surface area contributed by atoms with Gasteiger partial charge in [0.2, 0.25) is 5.91 Å². The monoisotopic (exact) mass is 354 g/mol. The van der Waals surface area contributed by atoms with Crippen molar-refractivity contribution in [3.05, 3.63) is 35.1 Å². The fourth-order valence-corrected chi connectivity index (χ4v) is 3.23. The minimum atomic E-state index is -4.71. The molecule has 0 aromatic heterocycles. The van der Waals surface area contributed by atoms with Crippen molar-refractivity contribution in [1.29, 1.82) is 0 Å². The standard InChI is InChI=1S/C15H16F6N2O/c1-7-14(2,11-8(16)3-4-9(17)12(11)18)5-10(22)13(24)23(7)6-15(19,20)21/h3-4,7,10H,5-6,22H2,1-2H3/t7-,10+,14-/m1/s1. The number of alkyl halides is 3. The minimum Gasteiger partial charge on any atom is -0.329 e. The Labute approximate surface area is 134 Å². The van der Waals surface area contributed by atoms with Crippen molar-refractivity contribution in [3.63, 3.8) is 0 Å². The van der Waals surface area contributed by atoms with Gasteiger partial charge >= 0.3 is 6.18 Å². The van der Waals surface area contributed by atoms with E-state index in [0.717, 1.165) is 0 Å². The summed E-state index contributed by atoms with van der Waals surface area (Å²) in [5.41, 5.74) is 3.28. The first-order chi connectivity index (χ1) is 10.9. The molecule has 1 heterocycles. The molecule has 1 aromatic carbocycles. The molecule has 0 unspecified atom stereocenters. The number of rotatable bonds is 2. The van der Waals surface area contributed by atoms with Gasteiger partial charge in [-0.2, -0.15) is 13.2 Å². The fourth-order valence-electron chi connectivity index (χ4n) is 3.23. The molecule has 1 amide bonds. The number of likely N-dealkylation sites (tertiary alicyclic amines) is 1. The molecule has 2 rings (SSSR count). The van der Waals surface area contributed by atoms with Crippen LogP contribution in [0.25, 0.3) is 0 Å². The number of carbonyl (C=O) groups is 1. The maximum Gasteiger partial charge on any atom is 0.406 e. The third kappa shape index (κ3) is 3.09. The van der Waals surface area contributed by atoms with Gasteiger partial charge in [0, 0.05) is 17.0 Å². The summed E-state index contributed by atoms with van der Waals surface area (Å²) in [5.74, 6) is -4.88. The predicted molar refractivity (Wildman–Crippen MR) is 73.5 cm³/mol. The summed E-state index contributed by atoms with van der Waals surface area (Å²) in [6.45, 7) is 0.905. The molecule has 1 saturated heterocycles. The van der Waals surface area contributed by atoms with Crippen molar-refractivity contribution >= 4 is 5.91 Å². The van der Waals surface area contributed by atoms with Crippen LogP contribution in [0.5, 0.6) is 0 Å². The minimum absolute atomic E-state index is 0.307. The van der Waals surface area contributed by atoms with E-state index in [4.69, 9.17) is 5.73 Å². The molecule has 0 bridgehead atoms. The predicted octanol–water partition coefficient (Wildman–Crippen LogP) is 2.87. The summed E-state index contributed by atoms with van der Waals surface area (Å²) >= 11 is 0. The van der Waals surface area contributed by atoms with Gasteiger partial charge in [0.15, 0.2) is 11.6 Å². The Hall–Kier alpha value is -1.77. The first-order valence-electron chi connectivity index (χ1n) is 7.15. The average Bonchev–Trinajstić information content (AvgIpc) is 2.45. The first kappa shape index (κ1) is 18.6. The molecular formula is C15H16F6N2O. The van der Waals surface area contributed by atoms with Crippen molar-refractivity contribution < 1.29 is 31.1 Å². The quantitative estimate of drug-likeness (QED) is 0.656. The van der Waals surface area contributed by atoms with Crippen molar-refractivity contribution in [1.82, 2.24) is 4.90 Å². The van der Waals surface area contributed by atoms with Gasteiger partial charge in [0.05, 0.1) is 6.04 Å². The maximum absolute atomic E-state index is 14.2. The van der Waals surface area contributed by atoms with Gasteiger partial charge in [-0.05, 0) is 25.5 Å². The Kier molecular flexibility index (Phi) is 4.60. The Bertz CT molecular complexity index is 662. The maximum atomic E-state index is 14.2. The summed E-state index contributed by atoms with van der Waals surface area (Å²) in [4.78, 5) is 12.5. The zero-order chi connectivity index (χ0) is 18.4. The highest BCUT2D eigenvalue weighted by Crippen LogP contribution is 2.42. The number of carbonyl (C=O) groups excluding carboxylic acids is 1. The van der Waals surface area contributed by atoms with Crippen LogP contribution in [0.2, 0.25) is 0 Å². The summed E-state index contributed by atoms with van der Waals surface area (Å²) in [6.07, 6.45) is -5.01. The van der Waals surface area contributed by atoms with Crippen molar-refractivity contribution in [3.8, 4) is 0 Å². The van der Waals surface area contributed by atoms with E-state index in [-0.39, 0.29) is 6.42 Å². The van der Waals surface area contributed by atoms with E-state index in [2.05, 4.69) is 0 Å². The second-order valence-electron chi connectivity index (χ2n) is 6.20. The lowest BCUT2D eigenvalue weighted by atomic mass is 9.68. The SMILES string of the molecule is C[C@H]1N(CC(F)(F)F)C(=O)[C@@H](N)C[C@@]1(C)c1c(F)ccc(F)c1F. The number of nitrogens with zero attached hydrogens (tertiary/aromatic N) is 1. The number of piperidine rings is 1. The van der Waals surface area contributed by atoms with E-state index < -0.39 is 59.1 Å². The van der Waals surface area contributed by atoms with E-state index in [1.54, 1.807) is 0 Å². The Morgan fingerprint density at radius 1 is 1.25 bits per heavy atom. The molecule has 1 fully saturated rings. The molecule has 3 atom stereocenters. The third-order valence-electron chi connectivity index (χ3n) is 4.60. The van der Waals surface area contributed by atoms with Gasteiger partial charge in [0.1, 0.15) is 12.4 Å². The lowest BCUT2D eigenvalue weighted by Gasteiger charge is -2.49. The Morgan fingerprint density at radius 2 is 1.79 bits per heavy atom. The van der Waals surface area contributed by atoms with E-state index in [1.807, 2.05) is 0 Å². The summed E-state index contributed by atoms with van der Waals surface area (Å²) in [5, 5.41) is 0. The molecule has 0 spiro atoms. The van der Waals surface area contributed by atoms with Crippen LogP contribution < -0.4 is 5.73 Å². The molecule has 0 saturated carbocycles. The molecular weight excluding hydrogens is 338 g/mol. The van der Waals surface area contributed by atoms with Crippen LogP contribution >= 0.6 is 0 Å². The van der Waals surface area contributed by atoms with Crippen molar-refractivity contribution in [2.75, 3.05) is 6.54 Å². The lowest BCUT2D eigenvalue weighted by molar-refractivity contribution is -0.173. The first-order valence-corrected chi connectivity index (χ1v) is 7.15. The van der Waals surface area contributed by atoms with E-state index >= 15 is 0 Å². The smallest absolute Gasteiger partial charge is 0.329 e. The molecule has 9 heteroatoms. The van der Waals surface area contributed by atoms with Crippen LogP contribution in [0.4, 0.5) is 26.3 Å². The summed E-state index contributed by atoms with van der Waals surface area (Å²) in [7, 11) is 0. The molecule has 2 N–H and O–H groups in total. The zero-order valence-electron chi connectivity index (χ0n) is 12.9. The van der Waals surface area contributed by atoms with E-state index in [1.165, 1.54) is 13.8 Å². The molecule has 1 aromatic rings. The second kappa shape index (κ2) is 5.94. The van der Waals surface area contributed by atoms with Gasteiger partial charge in [-0.25, -0.2) is 13.2 Å². The molecule has 3 nitrogen and oxygen atoms in total. The largest absolute Gasteiger partial charge is 0.406 e. The van der Waals surface area contributed by atoms with Crippen LogP contribution in [-0.2, 0) is 10.2 Å². The summed E-state index contributed by atoms with van der Waals surface area (Å²) < 4.78 is 80.1. The highest BCUT2D eigenvalue weighted by molar-refractivity contribution is 5.83. The van der Waals surface area contributed by atoms with E-state index in [9.17, 15) is 31.1 Å². The number of amides is 1. The molecule has 134 valence electrons. The molecule has 0 aliphatic carbocycles. The zero-order valence-corrected chi connectivity index (χ0v) is 12.9. The highest BCUT2D eigenvalue weighted by Gasteiger charge is 2.51. The van der Waals surface area contributed by atoms with Crippen molar-refractivity contribution in [2.24, 2.45) is 5.73 Å². The molecule has 0 radical (unpaired) electrons. The third-order valence-corrected chi connectivity index (χ3v) is 4.60. The van der Waals surface area contributed by atoms with Gasteiger partial charge < -0.3 is 10.6 Å². The van der Waals surface area contributed by atoms with Crippen LogP contribution in [0.15, 0.2) is 12.1 Å². The van der Waals surface area contributed by atoms with Crippen LogP contribution in [0, 0.1) is 17.5 Å². The van der Waals surface area contributed by atoms with Crippen LogP contribution in [0.1, 0.15) is 25.8 Å². The lowest BCUT2D eigenvalue weighted by Crippen LogP contribution is -2.63. The van der Waals surface area contributed by atoms with Crippen LogP contribution in [-0.4, -0.2) is 35.6 Å². The number of benzene rings is 1. The second-order valence-corrected chi connectivity index (χ2v) is 6.20. The summed E-state index contributed by atoms with van der Waals surface area (Å²) in [6, 6.07) is -1.33. The number of hydrogen-bond acceptors (Lipinski definition) is 2. The number of hydrogen-bond donors (Lipinski definition) is 1. The van der Waals surface area contributed by atoms with Gasteiger partial charge in [-0.15, -0.1) is 0 Å². The average molecular weight is 354 g/mol. The van der Waals surface area contributed by atoms with Crippen LogP contribution in [0.3, 0.4) is 0 Å². The number of halogens is 6. The Balaban J connectivity index is 2.56. The molecule has 24 heavy (non-hydrogen) atoms. The van der Waals surface area contributed by atoms with Gasteiger partial charge in [0.25, 0.3) is 0 Å². The van der Waals surface area contributed by atoms with E-state index in [0.29, 0.717) is 17.0 Å². The normalized spacial score (nSPS) is 28.4. The van der Waals surface area contributed by atoms with Gasteiger partial charge in [-0.3, -0.25) is 4.79 Å². The fraction of sp³-hybridized carbons (Fsp3) is 0.533. The number of nitrogens with two attached hydrogens (primary N) is 1. The molecule has 1 aliphatic rings. The van der Waals surface area contributed by atoms with Gasteiger partial charge in [-0.1, -0.05) is 6.92 Å². The Morgan fingerprint density at radius 3 is 2.33 bits per heavy atom. The topological polar surface area (TPSA) is 46.3 Å². The highest BCUT2D eigenvalue weighted by atomic mass is 19.4. The molecule has 1 aliphatic heterocycles.